The summed E-state index contributed by atoms with van der Waals surface area (Å²) in [6, 6.07) is 5.46. The lowest BCUT2D eigenvalue weighted by Gasteiger charge is -2.08. The van der Waals surface area contributed by atoms with Crippen LogP contribution in [-0.4, -0.2) is 11.8 Å². The first-order valence-corrected chi connectivity index (χ1v) is 9.03. The lowest BCUT2D eigenvalue weighted by atomic mass is 9.99. The number of fused-ring (bicyclic) bond motifs is 1. The minimum atomic E-state index is -0.305. The van der Waals surface area contributed by atoms with Crippen LogP contribution in [0.1, 0.15) is 42.6 Å². The molecule has 0 saturated carbocycles. The van der Waals surface area contributed by atoms with Gasteiger partial charge in [-0.15, -0.1) is 22.7 Å². The third kappa shape index (κ3) is 3.36. The third-order valence-electron chi connectivity index (χ3n) is 3.31. The van der Waals surface area contributed by atoms with Crippen molar-refractivity contribution in [2.45, 2.75) is 25.7 Å². The predicted octanol–water partition coefficient (Wildman–Crippen LogP) is 3.53. The number of amides is 2. The fourth-order valence-electron chi connectivity index (χ4n) is 2.28. The van der Waals surface area contributed by atoms with Crippen LogP contribution in [-0.2, 0) is 12.8 Å². The van der Waals surface area contributed by atoms with Crippen molar-refractivity contribution in [3.63, 3.8) is 0 Å². The molecule has 0 atom stereocenters. The van der Waals surface area contributed by atoms with E-state index in [1.54, 1.807) is 12.1 Å². The van der Waals surface area contributed by atoms with E-state index in [1.807, 2.05) is 6.07 Å². The highest BCUT2D eigenvalue weighted by Crippen LogP contribution is 2.29. The molecule has 2 heterocycles. The largest absolute Gasteiger partial charge is 0.279 e. The maximum absolute atomic E-state index is 12.1. The van der Waals surface area contributed by atoms with Gasteiger partial charge in [0.1, 0.15) is 0 Å². The Morgan fingerprint density at radius 3 is 2.38 bits per heavy atom. The molecule has 0 unspecified atom stereocenters. The summed E-state index contributed by atoms with van der Waals surface area (Å²) in [4.78, 5) is 26.5. The molecule has 4 nitrogen and oxygen atoms in total. The Balaban J connectivity index is 1.61. The van der Waals surface area contributed by atoms with Crippen molar-refractivity contribution < 1.29 is 9.59 Å². The molecule has 2 amide bonds. The first-order chi connectivity index (χ1) is 10.1. The number of thiophene rings is 2. The summed E-state index contributed by atoms with van der Waals surface area (Å²) in [5.41, 5.74) is 6.21. The fourth-order valence-corrected chi connectivity index (χ4v) is 4.71. The zero-order valence-corrected chi connectivity index (χ0v) is 14.3. The van der Waals surface area contributed by atoms with Crippen molar-refractivity contribution in [1.82, 2.24) is 10.9 Å². The van der Waals surface area contributed by atoms with Crippen LogP contribution in [0.25, 0.3) is 0 Å². The van der Waals surface area contributed by atoms with E-state index in [-0.39, 0.29) is 11.8 Å². The van der Waals surface area contributed by atoms with Crippen molar-refractivity contribution in [2.24, 2.45) is 0 Å². The van der Waals surface area contributed by atoms with E-state index in [9.17, 15) is 9.59 Å². The number of hydrogen-bond donors (Lipinski definition) is 2. The molecule has 1 aliphatic rings. The standard InChI is InChI=1S/C14H13BrN2O2S2/c15-12-6-5-10(21-12)13(18)16-17-14(19)11-7-8-3-1-2-4-9(8)20-11/h5-7H,1-4H2,(H,16,18)(H,17,19). The molecule has 3 rings (SSSR count). The third-order valence-corrected chi connectivity index (χ3v) is 6.17. The summed E-state index contributed by atoms with van der Waals surface area (Å²) in [5, 5.41) is 0. The lowest BCUT2D eigenvalue weighted by Crippen LogP contribution is -2.41. The molecule has 7 heteroatoms. The van der Waals surface area contributed by atoms with Crippen LogP contribution in [0.2, 0.25) is 0 Å². The number of rotatable bonds is 2. The zero-order chi connectivity index (χ0) is 14.8. The van der Waals surface area contributed by atoms with Gasteiger partial charge >= 0.3 is 0 Å². The molecule has 2 aromatic heterocycles. The van der Waals surface area contributed by atoms with Gasteiger partial charge in [0.25, 0.3) is 11.8 Å². The summed E-state index contributed by atoms with van der Waals surface area (Å²) >= 11 is 6.15. The second kappa shape index (κ2) is 6.29. The van der Waals surface area contributed by atoms with E-state index in [0.717, 1.165) is 16.6 Å². The van der Waals surface area contributed by atoms with Gasteiger partial charge in [0.2, 0.25) is 0 Å². The minimum absolute atomic E-state index is 0.252. The monoisotopic (exact) mass is 384 g/mol. The maximum atomic E-state index is 12.1. The number of halogens is 1. The highest BCUT2D eigenvalue weighted by molar-refractivity contribution is 9.11. The summed E-state index contributed by atoms with van der Waals surface area (Å²) in [5.74, 6) is -0.557. The summed E-state index contributed by atoms with van der Waals surface area (Å²) in [6.07, 6.45) is 4.49. The predicted molar refractivity (Wildman–Crippen MR) is 87.9 cm³/mol. The Bertz CT molecular complexity index is 669. The normalized spacial score (nSPS) is 13.6. The van der Waals surface area contributed by atoms with Gasteiger partial charge in [-0.2, -0.15) is 0 Å². The van der Waals surface area contributed by atoms with E-state index in [0.29, 0.717) is 9.75 Å². The topological polar surface area (TPSA) is 58.2 Å². The van der Waals surface area contributed by atoms with E-state index in [1.165, 1.54) is 46.0 Å². The number of carbonyl (C=O) groups is 2. The molecular formula is C14H13BrN2O2S2. The second-order valence-corrected chi connectivity index (χ2v) is 8.38. The smallest absolute Gasteiger partial charge is 0.266 e. The highest BCUT2D eigenvalue weighted by Gasteiger charge is 2.18. The highest BCUT2D eigenvalue weighted by atomic mass is 79.9. The Hall–Kier alpha value is -1.18. The van der Waals surface area contributed by atoms with Gasteiger partial charge in [-0.25, -0.2) is 0 Å². The summed E-state index contributed by atoms with van der Waals surface area (Å²) < 4.78 is 0.880. The van der Waals surface area contributed by atoms with E-state index >= 15 is 0 Å². The molecule has 0 aromatic carbocycles. The van der Waals surface area contributed by atoms with Crippen LogP contribution >= 0.6 is 38.6 Å². The number of carbonyl (C=O) groups excluding carboxylic acids is 2. The van der Waals surface area contributed by atoms with Crippen LogP contribution in [0.3, 0.4) is 0 Å². The van der Waals surface area contributed by atoms with Crippen LogP contribution in [0.15, 0.2) is 22.0 Å². The first kappa shape index (κ1) is 14.7. The van der Waals surface area contributed by atoms with Crippen LogP contribution < -0.4 is 10.9 Å². The average Bonchev–Trinajstić information content (AvgIpc) is 3.10. The lowest BCUT2D eigenvalue weighted by molar-refractivity contribution is 0.0851. The van der Waals surface area contributed by atoms with Crippen LogP contribution in [0, 0.1) is 0 Å². The summed E-state index contributed by atoms with van der Waals surface area (Å²) in [7, 11) is 0. The SMILES string of the molecule is O=C(NNC(=O)c1cc2c(s1)CCCC2)c1ccc(Br)s1. The molecule has 0 fully saturated rings. The molecule has 0 spiro atoms. The molecule has 21 heavy (non-hydrogen) atoms. The van der Waals surface area contributed by atoms with Gasteiger partial charge in [-0.3, -0.25) is 20.4 Å². The first-order valence-electron chi connectivity index (χ1n) is 6.61. The fraction of sp³-hybridized carbons (Fsp3) is 0.286. The van der Waals surface area contributed by atoms with Crippen molar-refractivity contribution in [2.75, 3.05) is 0 Å². The summed E-state index contributed by atoms with van der Waals surface area (Å²) in [6.45, 7) is 0. The number of nitrogens with one attached hydrogen (secondary N) is 2. The molecule has 1 aliphatic carbocycles. The second-order valence-electron chi connectivity index (χ2n) is 4.78. The Morgan fingerprint density at radius 1 is 1.00 bits per heavy atom. The molecule has 110 valence electrons. The quantitative estimate of drug-likeness (QED) is 0.778. The van der Waals surface area contributed by atoms with Crippen molar-refractivity contribution in [3.05, 3.63) is 42.2 Å². The molecule has 0 saturated heterocycles. The molecule has 0 aliphatic heterocycles. The van der Waals surface area contributed by atoms with E-state index in [2.05, 4.69) is 26.8 Å². The van der Waals surface area contributed by atoms with E-state index < -0.39 is 0 Å². The van der Waals surface area contributed by atoms with Crippen molar-refractivity contribution in [3.8, 4) is 0 Å². The Morgan fingerprint density at radius 2 is 1.71 bits per heavy atom. The molecular weight excluding hydrogens is 372 g/mol. The molecule has 2 aromatic rings. The van der Waals surface area contributed by atoms with Crippen molar-refractivity contribution >= 4 is 50.4 Å². The number of hydrogen-bond acceptors (Lipinski definition) is 4. The zero-order valence-electron chi connectivity index (χ0n) is 11.1. The van der Waals surface area contributed by atoms with Crippen molar-refractivity contribution in [1.29, 1.82) is 0 Å². The average molecular weight is 385 g/mol. The van der Waals surface area contributed by atoms with Gasteiger partial charge < -0.3 is 0 Å². The number of aryl methyl sites for hydroxylation is 2. The molecule has 0 bridgehead atoms. The van der Waals surface area contributed by atoms with Gasteiger partial charge in [0.15, 0.2) is 0 Å². The molecule has 2 N–H and O–H groups in total. The van der Waals surface area contributed by atoms with Gasteiger partial charge in [-0.05, 0) is 65.4 Å². The van der Waals surface area contributed by atoms with Gasteiger partial charge in [0, 0.05) is 4.88 Å². The Labute approximate surface area is 138 Å². The maximum Gasteiger partial charge on any atom is 0.279 e. The Kier molecular flexibility index (Phi) is 4.42. The van der Waals surface area contributed by atoms with E-state index in [4.69, 9.17) is 0 Å². The van der Waals surface area contributed by atoms with Gasteiger partial charge in [-0.1, -0.05) is 0 Å². The molecule has 0 radical (unpaired) electrons. The van der Waals surface area contributed by atoms with Crippen LogP contribution in [0.4, 0.5) is 0 Å². The number of hydrazine groups is 1. The van der Waals surface area contributed by atoms with Gasteiger partial charge in [0.05, 0.1) is 13.5 Å². The minimum Gasteiger partial charge on any atom is -0.266 e. The van der Waals surface area contributed by atoms with Crippen LogP contribution in [0.5, 0.6) is 0 Å².